The summed E-state index contributed by atoms with van der Waals surface area (Å²) in [5, 5.41) is 10.5. The topological polar surface area (TPSA) is 65.9 Å². The Morgan fingerprint density at radius 3 is 2.74 bits per heavy atom. The van der Waals surface area contributed by atoms with E-state index in [2.05, 4.69) is 9.88 Å². The number of amides is 1. The van der Waals surface area contributed by atoms with Crippen molar-refractivity contribution in [1.82, 2.24) is 14.8 Å². The van der Waals surface area contributed by atoms with E-state index in [1.54, 1.807) is 6.20 Å². The molecule has 0 aromatic carbocycles. The van der Waals surface area contributed by atoms with Crippen LogP contribution in [0, 0.1) is 5.41 Å². The molecule has 1 N–H and O–H groups in total. The number of aliphatic hydroxyl groups excluding tert-OH is 1. The lowest BCUT2D eigenvalue weighted by atomic mass is 9.71. The predicted molar refractivity (Wildman–Crippen MR) is 102 cm³/mol. The van der Waals surface area contributed by atoms with Crippen LogP contribution < -0.4 is 0 Å². The number of pyridine rings is 1. The minimum absolute atomic E-state index is 0.151. The maximum atomic E-state index is 12.6. The molecule has 1 spiro atoms. The molecular formula is C21H31N3O3. The van der Waals surface area contributed by atoms with Gasteiger partial charge in [-0.05, 0) is 49.7 Å². The number of nitrogens with zero attached hydrogens (tertiary/aromatic N) is 3. The number of hydrogen-bond donors (Lipinski definition) is 1. The number of likely N-dealkylation sites (tertiary alicyclic amines) is 2. The van der Waals surface area contributed by atoms with Gasteiger partial charge in [0.05, 0.1) is 12.5 Å². The van der Waals surface area contributed by atoms with E-state index in [0.717, 1.165) is 77.2 Å². The third-order valence-corrected chi connectivity index (χ3v) is 6.59. The van der Waals surface area contributed by atoms with E-state index in [9.17, 15) is 9.90 Å². The van der Waals surface area contributed by atoms with Crippen LogP contribution in [0.3, 0.4) is 0 Å². The number of carbonyl (C=O) groups excluding carboxylic acids is 1. The van der Waals surface area contributed by atoms with Crippen LogP contribution in [0.25, 0.3) is 0 Å². The average Bonchev–Trinajstić information content (AvgIpc) is 2.69. The highest BCUT2D eigenvalue weighted by atomic mass is 16.5. The third kappa shape index (κ3) is 4.50. The molecule has 0 radical (unpaired) electrons. The molecular weight excluding hydrogens is 342 g/mol. The number of β-amino-alcohol motifs (C(OH)–C–C–N with tert-alkyl or cyclic N) is 1. The fourth-order valence-corrected chi connectivity index (χ4v) is 5.09. The van der Waals surface area contributed by atoms with Gasteiger partial charge in [-0.1, -0.05) is 6.07 Å². The average molecular weight is 373 g/mol. The largest absolute Gasteiger partial charge is 0.392 e. The Balaban J connectivity index is 1.34. The molecule has 1 atom stereocenters. The van der Waals surface area contributed by atoms with Crippen LogP contribution in [0.15, 0.2) is 24.4 Å². The Morgan fingerprint density at radius 1 is 1.26 bits per heavy atom. The minimum atomic E-state index is -0.252. The van der Waals surface area contributed by atoms with E-state index in [1.807, 2.05) is 23.1 Å². The molecule has 4 heterocycles. The second-order valence-electron chi connectivity index (χ2n) is 8.51. The van der Waals surface area contributed by atoms with Crippen molar-refractivity contribution in [2.24, 2.45) is 5.41 Å². The number of aromatic nitrogens is 1. The first-order valence-corrected chi connectivity index (χ1v) is 10.3. The second-order valence-corrected chi connectivity index (χ2v) is 8.51. The highest BCUT2D eigenvalue weighted by Gasteiger charge is 2.43. The van der Waals surface area contributed by atoms with Gasteiger partial charge < -0.3 is 14.7 Å². The summed E-state index contributed by atoms with van der Waals surface area (Å²) in [6.07, 6.45) is 6.84. The molecule has 3 aliphatic heterocycles. The number of aliphatic hydroxyl groups is 1. The van der Waals surface area contributed by atoms with E-state index < -0.39 is 0 Å². The molecule has 3 aliphatic rings. The van der Waals surface area contributed by atoms with Crippen LogP contribution in [0.2, 0.25) is 0 Å². The van der Waals surface area contributed by atoms with E-state index in [-0.39, 0.29) is 17.4 Å². The zero-order valence-corrected chi connectivity index (χ0v) is 16.1. The number of ether oxygens (including phenoxy) is 1. The first-order chi connectivity index (χ1) is 13.1. The zero-order valence-electron chi connectivity index (χ0n) is 16.1. The van der Waals surface area contributed by atoms with E-state index in [4.69, 9.17) is 4.74 Å². The Hall–Kier alpha value is -1.50. The van der Waals surface area contributed by atoms with Crippen molar-refractivity contribution in [2.75, 3.05) is 39.4 Å². The molecule has 27 heavy (non-hydrogen) atoms. The van der Waals surface area contributed by atoms with Gasteiger partial charge >= 0.3 is 0 Å². The highest BCUT2D eigenvalue weighted by Crippen LogP contribution is 2.41. The Kier molecular flexibility index (Phi) is 5.76. The van der Waals surface area contributed by atoms with Crippen molar-refractivity contribution in [2.45, 2.75) is 50.7 Å². The molecule has 6 nitrogen and oxygen atoms in total. The van der Waals surface area contributed by atoms with Crippen molar-refractivity contribution in [3.63, 3.8) is 0 Å². The molecule has 3 saturated heterocycles. The van der Waals surface area contributed by atoms with Crippen LogP contribution in [-0.2, 0) is 16.0 Å². The summed E-state index contributed by atoms with van der Waals surface area (Å²) in [5.41, 5.74) is 0.985. The van der Waals surface area contributed by atoms with Crippen LogP contribution in [0.1, 0.15) is 37.8 Å². The number of rotatable bonds is 3. The lowest BCUT2D eigenvalue weighted by Gasteiger charge is -2.51. The van der Waals surface area contributed by atoms with Crippen LogP contribution in [0.4, 0.5) is 0 Å². The van der Waals surface area contributed by atoms with Crippen LogP contribution in [-0.4, -0.2) is 77.3 Å². The number of piperidine rings is 2. The van der Waals surface area contributed by atoms with E-state index >= 15 is 0 Å². The van der Waals surface area contributed by atoms with Crippen molar-refractivity contribution < 1.29 is 14.6 Å². The third-order valence-electron chi connectivity index (χ3n) is 6.59. The van der Waals surface area contributed by atoms with Gasteiger partial charge in [0.1, 0.15) is 0 Å². The summed E-state index contributed by atoms with van der Waals surface area (Å²) >= 11 is 0. The summed E-state index contributed by atoms with van der Waals surface area (Å²) < 4.78 is 5.51. The maximum absolute atomic E-state index is 12.6. The van der Waals surface area contributed by atoms with Crippen LogP contribution >= 0.6 is 0 Å². The smallest absolute Gasteiger partial charge is 0.228 e. The fourth-order valence-electron chi connectivity index (χ4n) is 5.09. The molecule has 1 aromatic rings. The molecule has 0 bridgehead atoms. The maximum Gasteiger partial charge on any atom is 0.228 e. The first-order valence-electron chi connectivity index (χ1n) is 10.3. The highest BCUT2D eigenvalue weighted by molar-refractivity contribution is 5.78. The monoisotopic (exact) mass is 373 g/mol. The molecule has 1 aromatic heterocycles. The van der Waals surface area contributed by atoms with Crippen molar-refractivity contribution >= 4 is 5.91 Å². The summed E-state index contributed by atoms with van der Waals surface area (Å²) in [6, 6.07) is 6.24. The molecule has 1 unspecified atom stereocenters. The Labute approximate surface area is 161 Å². The minimum Gasteiger partial charge on any atom is -0.392 e. The van der Waals surface area contributed by atoms with Crippen molar-refractivity contribution in [3.8, 4) is 0 Å². The second kappa shape index (κ2) is 8.25. The molecule has 6 heteroatoms. The molecule has 1 amide bonds. The van der Waals surface area contributed by atoms with Gasteiger partial charge in [0.2, 0.25) is 5.91 Å². The summed E-state index contributed by atoms with van der Waals surface area (Å²) in [5.74, 6) is 0.168. The number of hydrogen-bond acceptors (Lipinski definition) is 5. The number of carbonyl (C=O) groups is 1. The molecule has 148 valence electrons. The van der Waals surface area contributed by atoms with Crippen molar-refractivity contribution in [3.05, 3.63) is 30.1 Å². The molecule has 4 rings (SSSR count). The van der Waals surface area contributed by atoms with Crippen LogP contribution in [0.5, 0.6) is 0 Å². The first kappa shape index (κ1) is 18.8. The summed E-state index contributed by atoms with van der Waals surface area (Å²) in [4.78, 5) is 21.4. The lowest BCUT2D eigenvalue weighted by Crippen LogP contribution is -2.57. The van der Waals surface area contributed by atoms with Gasteiger partial charge in [0, 0.05) is 57.3 Å². The predicted octanol–water partition coefficient (Wildman–Crippen LogP) is 1.48. The Bertz CT molecular complexity index is 625. The summed E-state index contributed by atoms with van der Waals surface area (Å²) in [7, 11) is 0. The van der Waals surface area contributed by atoms with Gasteiger partial charge in [-0.2, -0.15) is 0 Å². The molecule has 0 aliphatic carbocycles. The standard InChI is InChI=1S/C21H31N3O3/c25-19-14-21(16-24(15-19)18-4-11-27-12-5-18)6-9-23(10-7-21)20(26)13-17-3-1-2-8-22-17/h1-3,8,18-19,25H,4-7,9-16H2. The molecule has 3 fully saturated rings. The van der Waals surface area contributed by atoms with Gasteiger partial charge in [-0.3, -0.25) is 14.7 Å². The quantitative estimate of drug-likeness (QED) is 0.869. The SMILES string of the molecule is O=C(Cc1ccccn1)N1CCC2(CC1)CC(O)CN(C1CCOCC1)C2. The molecule has 0 saturated carbocycles. The van der Waals surface area contributed by atoms with E-state index in [1.165, 1.54) is 0 Å². The zero-order chi connectivity index (χ0) is 18.7. The normalized spacial score (nSPS) is 27.0. The van der Waals surface area contributed by atoms with Gasteiger partial charge in [-0.15, -0.1) is 0 Å². The van der Waals surface area contributed by atoms with Crippen molar-refractivity contribution in [1.29, 1.82) is 0 Å². The van der Waals surface area contributed by atoms with Gasteiger partial charge in [0.25, 0.3) is 0 Å². The Morgan fingerprint density at radius 2 is 2.04 bits per heavy atom. The van der Waals surface area contributed by atoms with Gasteiger partial charge in [-0.25, -0.2) is 0 Å². The van der Waals surface area contributed by atoms with Gasteiger partial charge in [0.15, 0.2) is 0 Å². The lowest BCUT2D eigenvalue weighted by molar-refractivity contribution is -0.135. The summed E-state index contributed by atoms with van der Waals surface area (Å²) in [6.45, 7) is 5.09. The fraction of sp³-hybridized carbons (Fsp3) is 0.714. The van der Waals surface area contributed by atoms with E-state index in [0.29, 0.717) is 12.5 Å².